The molecule has 0 spiro atoms. The van der Waals surface area contributed by atoms with Crippen LogP contribution in [0.1, 0.15) is 6.42 Å². The lowest BCUT2D eigenvalue weighted by Crippen LogP contribution is -2.03. The number of hydrogen-bond donors (Lipinski definition) is 1. The van der Waals surface area contributed by atoms with Crippen LogP contribution in [0.5, 0.6) is 0 Å². The fraction of sp³-hybridized carbons (Fsp3) is 1.00. The number of ether oxygens (including phenoxy) is 1. The van der Waals surface area contributed by atoms with Gasteiger partial charge in [0.15, 0.2) is 0 Å². The van der Waals surface area contributed by atoms with E-state index in [0.717, 1.165) is 24.9 Å². The van der Waals surface area contributed by atoms with Gasteiger partial charge in [-0.1, -0.05) is 11.9 Å². The average molecular weight is 133 g/mol. The molecule has 1 aliphatic heterocycles. The summed E-state index contributed by atoms with van der Waals surface area (Å²) in [5.41, 5.74) is 0. The van der Waals surface area contributed by atoms with Crippen molar-refractivity contribution in [3.63, 3.8) is 0 Å². The molecule has 0 aliphatic carbocycles. The third-order valence-electron chi connectivity index (χ3n) is 1.36. The molecule has 1 fully saturated rings. The first-order chi connectivity index (χ1) is 3.93. The Kier molecular flexibility index (Phi) is 2.66. The largest absolute Gasteiger partial charge is 0.381 e. The van der Waals surface area contributed by atoms with Crippen LogP contribution in [0.3, 0.4) is 0 Å². The van der Waals surface area contributed by atoms with Crippen molar-refractivity contribution in [1.82, 2.24) is 0 Å². The molecule has 0 bridgehead atoms. The second kappa shape index (κ2) is 3.33. The third kappa shape index (κ3) is 1.65. The highest BCUT2D eigenvalue weighted by Gasteiger charge is 2.13. The van der Waals surface area contributed by atoms with E-state index in [9.17, 15) is 0 Å². The van der Waals surface area contributed by atoms with Crippen LogP contribution in [0.4, 0.5) is 0 Å². The van der Waals surface area contributed by atoms with Crippen LogP contribution in [0, 0.1) is 5.92 Å². The molecule has 3 heteroatoms. The molecule has 0 aromatic rings. The minimum atomic E-state index is 0.727. The summed E-state index contributed by atoms with van der Waals surface area (Å²) in [6, 6.07) is 0. The van der Waals surface area contributed by atoms with Crippen molar-refractivity contribution in [3.8, 4) is 0 Å². The van der Waals surface area contributed by atoms with Gasteiger partial charge in [-0.05, 0) is 12.3 Å². The summed E-state index contributed by atoms with van der Waals surface area (Å²) >= 11 is 1.42. The molecule has 8 heavy (non-hydrogen) atoms. The highest BCUT2D eigenvalue weighted by molar-refractivity contribution is 7.97. The van der Waals surface area contributed by atoms with Crippen molar-refractivity contribution in [2.24, 2.45) is 11.1 Å². The Morgan fingerprint density at radius 1 is 1.75 bits per heavy atom. The van der Waals surface area contributed by atoms with E-state index in [-0.39, 0.29) is 0 Å². The van der Waals surface area contributed by atoms with E-state index in [1.807, 2.05) is 0 Å². The van der Waals surface area contributed by atoms with Crippen molar-refractivity contribution < 1.29 is 4.74 Å². The first-order valence-electron chi connectivity index (χ1n) is 2.83. The molecule has 2 nitrogen and oxygen atoms in total. The number of rotatable bonds is 2. The number of nitrogens with two attached hydrogens (primary N) is 1. The molecule has 0 aromatic heterocycles. The quantitative estimate of drug-likeness (QED) is 0.561. The van der Waals surface area contributed by atoms with Crippen molar-refractivity contribution >= 4 is 11.9 Å². The maximum atomic E-state index is 5.27. The Labute approximate surface area is 53.9 Å². The summed E-state index contributed by atoms with van der Waals surface area (Å²) in [5, 5.41) is 5.27. The molecule has 0 aromatic carbocycles. The second-order valence-corrected chi connectivity index (χ2v) is 2.73. The summed E-state index contributed by atoms with van der Waals surface area (Å²) in [6.07, 6.45) is 1.20. The van der Waals surface area contributed by atoms with E-state index in [4.69, 9.17) is 9.88 Å². The summed E-state index contributed by atoms with van der Waals surface area (Å²) in [7, 11) is 0. The number of hydrogen-bond acceptors (Lipinski definition) is 3. The van der Waals surface area contributed by atoms with E-state index < -0.39 is 0 Å². The SMILES string of the molecule is NSCC1CCOC1. The van der Waals surface area contributed by atoms with Crippen LogP contribution in [-0.2, 0) is 4.74 Å². The predicted molar refractivity (Wildman–Crippen MR) is 35.6 cm³/mol. The van der Waals surface area contributed by atoms with Gasteiger partial charge in [0.1, 0.15) is 0 Å². The lowest BCUT2D eigenvalue weighted by Gasteiger charge is -2.00. The average Bonchev–Trinajstić information content (AvgIpc) is 2.19. The van der Waals surface area contributed by atoms with E-state index in [2.05, 4.69) is 0 Å². The zero-order valence-corrected chi connectivity index (χ0v) is 5.62. The van der Waals surface area contributed by atoms with Gasteiger partial charge in [0.05, 0.1) is 6.61 Å². The Morgan fingerprint density at radius 3 is 3.12 bits per heavy atom. The zero-order valence-electron chi connectivity index (χ0n) is 4.80. The van der Waals surface area contributed by atoms with Crippen LogP contribution in [0.25, 0.3) is 0 Å². The second-order valence-electron chi connectivity index (χ2n) is 2.06. The van der Waals surface area contributed by atoms with E-state index >= 15 is 0 Å². The molecule has 1 atom stereocenters. The smallest absolute Gasteiger partial charge is 0.0503 e. The third-order valence-corrected chi connectivity index (χ3v) is 2.02. The van der Waals surface area contributed by atoms with Crippen LogP contribution in [-0.4, -0.2) is 19.0 Å². The summed E-state index contributed by atoms with van der Waals surface area (Å²) in [6.45, 7) is 1.86. The Hall–Kier alpha value is 0.270. The van der Waals surface area contributed by atoms with E-state index in [1.165, 1.54) is 18.4 Å². The molecule has 0 saturated carbocycles. The van der Waals surface area contributed by atoms with E-state index in [0.29, 0.717) is 0 Å². The minimum Gasteiger partial charge on any atom is -0.381 e. The van der Waals surface area contributed by atoms with Gasteiger partial charge in [0.25, 0.3) is 0 Å². The molecular weight excluding hydrogens is 122 g/mol. The molecule has 48 valence electrons. The van der Waals surface area contributed by atoms with Gasteiger partial charge in [-0.15, -0.1) is 0 Å². The summed E-state index contributed by atoms with van der Waals surface area (Å²) in [4.78, 5) is 0. The van der Waals surface area contributed by atoms with Crippen molar-refractivity contribution in [1.29, 1.82) is 0 Å². The lowest BCUT2D eigenvalue weighted by molar-refractivity contribution is 0.189. The van der Waals surface area contributed by atoms with Crippen LogP contribution < -0.4 is 5.14 Å². The molecule has 1 rings (SSSR count). The van der Waals surface area contributed by atoms with Crippen LogP contribution in [0.2, 0.25) is 0 Å². The first kappa shape index (κ1) is 6.39. The minimum absolute atomic E-state index is 0.727. The molecule has 1 unspecified atom stereocenters. The van der Waals surface area contributed by atoms with Gasteiger partial charge in [0, 0.05) is 12.4 Å². The monoisotopic (exact) mass is 133 g/mol. The molecule has 1 heterocycles. The molecule has 1 aliphatic rings. The molecule has 1 saturated heterocycles. The molecule has 2 N–H and O–H groups in total. The molecule has 0 amide bonds. The fourth-order valence-electron chi connectivity index (χ4n) is 0.851. The van der Waals surface area contributed by atoms with Crippen LogP contribution in [0.15, 0.2) is 0 Å². The van der Waals surface area contributed by atoms with Crippen molar-refractivity contribution in [2.45, 2.75) is 6.42 Å². The van der Waals surface area contributed by atoms with Gasteiger partial charge in [0.2, 0.25) is 0 Å². The lowest BCUT2D eigenvalue weighted by atomic mass is 10.2. The molecular formula is C5H11NOS. The standard InChI is InChI=1S/C5H11NOS/c6-8-4-5-1-2-7-3-5/h5H,1-4,6H2. The fourth-order valence-corrected chi connectivity index (χ4v) is 1.39. The predicted octanol–water partition coefficient (Wildman–Crippen LogP) is 0.630. The summed E-state index contributed by atoms with van der Waals surface area (Å²) in [5.74, 6) is 1.78. The Balaban J connectivity index is 2.06. The van der Waals surface area contributed by atoms with Gasteiger partial charge in [-0.3, -0.25) is 5.14 Å². The molecule has 0 radical (unpaired) electrons. The Morgan fingerprint density at radius 2 is 2.62 bits per heavy atom. The highest BCUT2D eigenvalue weighted by atomic mass is 32.2. The van der Waals surface area contributed by atoms with Gasteiger partial charge >= 0.3 is 0 Å². The van der Waals surface area contributed by atoms with Gasteiger partial charge < -0.3 is 4.74 Å². The maximum absolute atomic E-state index is 5.27. The van der Waals surface area contributed by atoms with Crippen molar-refractivity contribution in [2.75, 3.05) is 19.0 Å². The van der Waals surface area contributed by atoms with Crippen LogP contribution >= 0.6 is 11.9 Å². The zero-order chi connectivity index (χ0) is 5.82. The van der Waals surface area contributed by atoms with E-state index in [1.54, 1.807) is 0 Å². The maximum Gasteiger partial charge on any atom is 0.0503 e. The highest BCUT2D eigenvalue weighted by Crippen LogP contribution is 2.14. The van der Waals surface area contributed by atoms with Gasteiger partial charge in [-0.25, -0.2) is 0 Å². The normalized spacial score (nSPS) is 28.9. The van der Waals surface area contributed by atoms with Gasteiger partial charge in [-0.2, -0.15) is 0 Å². The summed E-state index contributed by atoms with van der Waals surface area (Å²) < 4.78 is 5.14. The van der Waals surface area contributed by atoms with Crippen molar-refractivity contribution in [3.05, 3.63) is 0 Å². The Bertz CT molecular complexity index is 63.4. The topological polar surface area (TPSA) is 35.2 Å². The first-order valence-corrected chi connectivity index (χ1v) is 3.88.